The average Bonchev–Trinajstić information content (AvgIpc) is 2.73. The van der Waals surface area contributed by atoms with Crippen LogP contribution in [0.4, 0.5) is 5.69 Å². The van der Waals surface area contributed by atoms with Crippen molar-refractivity contribution in [2.75, 3.05) is 0 Å². The van der Waals surface area contributed by atoms with Crippen LogP contribution in [-0.2, 0) is 6.54 Å². The van der Waals surface area contributed by atoms with Crippen LogP contribution in [0.25, 0.3) is 0 Å². The first-order valence-corrected chi connectivity index (χ1v) is 6.82. The Bertz CT molecular complexity index is 749. The molecule has 0 aliphatic rings. The van der Waals surface area contributed by atoms with Crippen LogP contribution >= 0.6 is 0 Å². The van der Waals surface area contributed by atoms with Gasteiger partial charge in [-0.1, -0.05) is 11.6 Å². The van der Waals surface area contributed by atoms with E-state index in [1.807, 2.05) is 6.92 Å². The Hall–Kier alpha value is -2.70. The maximum absolute atomic E-state index is 12.2. The van der Waals surface area contributed by atoms with Gasteiger partial charge >= 0.3 is 5.69 Å². The van der Waals surface area contributed by atoms with E-state index in [1.54, 1.807) is 26.0 Å². The third-order valence-corrected chi connectivity index (χ3v) is 3.53. The van der Waals surface area contributed by atoms with Gasteiger partial charge in [0.25, 0.3) is 0 Å². The number of hydrogen-bond acceptors (Lipinski definition) is 5. The molecule has 0 saturated carbocycles. The first kappa shape index (κ1) is 15.7. The Morgan fingerprint density at radius 2 is 2.05 bits per heavy atom. The van der Waals surface area contributed by atoms with Gasteiger partial charge in [-0.05, 0) is 32.9 Å². The van der Waals surface area contributed by atoms with Crippen molar-refractivity contribution in [3.05, 3.63) is 50.8 Å². The number of phenolic OH excluding ortho intramolecular Hbond substituents is 1. The molecule has 116 valence electrons. The number of rotatable bonds is 5. The summed E-state index contributed by atoms with van der Waals surface area (Å²) in [5.74, 6) is -0.286. The first-order chi connectivity index (χ1) is 10.3. The number of Topliss-reactive ketones (excluding diaryl/α,β-unsaturated/α-hetero) is 1. The molecule has 22 heavy (non-hydrogen) atoms. The normalized spacial score (nSPS) is 10.7. The molecule has 7 heteroatoms. The third-order valence-electron chi connectivity index (χ3n) is 3.53. The maximum Gasteiger partial charge on any atom is 0.312 e. The minimum absolute atomic E-state index is 0.0224. The van der Waals surface area contributed by atoms with Gasteiger partial charge in [0.2, 0.25) is 0 Å². The summed E-state index contributed by atoms with van der Waals surface area (Å²) < 4.78 is 1.46. The zero-order valence-corrected chi connectivity index (χ0v) is 12.7. The highest BCUT2D eigenvalue weighted by Gasteiger charge is 2.22. The van der Waals surface area contributed by atoms with Gasteiger partial charge in [-0.25, -0.2) is 0 Å². The quantitative estimate of drug-likeness (QED) is 0.520. The number of nitro groups is 1. The standard InChI is InChI=1S/C15H17N3O4/c1-9-4-5-13(19)12(8-9)14(20)6-7-17-11(3)15(18(21)22)10(2)16-17/h4-5,8,19H,6-7H2,1-3H3. The summed E-state index contributed by atoms with van der Waals surface area (Å²) in [6.07, 6.45) is 0.107. The summed E-state index contributed by atoms with van der Waals surface area (Å²) in [7, 11) is 0. The van der Waals surface area contributed by atoms with E-state index in [9.17, 15) is 20.0 Å². The van der Waals surface area contributed by atoms with Crippen LogP contribution in [0.2, 0.25) is 0 Å². The molecule has 2 aromatic rings. The fourth-order valence-corrected chi connectivity index (χ4v) is 2.38. The van der Waals surface area contributed by atoms with Crippen LogP contribution in [0.3, 0.4) is 0 Å². The van der Waals surface area contributed by atoms with Crippen LogP contribution in [0, 0.1) is 30.9 Å². The monoisotopic (exact) mass is 303 g/mol. The minimum Gasteiger partial charge on any atom is -0.507 e. The minimum atomic E-state index is -0.470. The smallest absolute Gasteiger partial charge is 0.312 e. The topological polar surface area (TPSA) is 98.3 Å². The number of carbonyl (C=O) groups excluding carboxylic acids is 1. The van der Waals surface area contributed by atoms with Crippen molar-refractivity contribution in [3.63, 3.8) is 0 Å². The van der Waals surface area contributed by atoms with Crippen molar-refractivity contribution in [2.45, 2.75) is 33.7 Å². The maximum atomic E-state index is 12.2. The number of hydrogen-bond donors (Lipinski definition) is 1. The van der Waals surface area contributed by atoms with Crippen molar-refractivity contribution < 1.29 is 14.8 Å². The Kier molecular flexibility index (Phi) is 4.25. The Balaban J connectivity index is 2.17. The molecule has 0 bridgehead atoms. The average molecular weight is 303 g/mol. The Morgan fingerprint density at radius 1 is 1.36 bits per heavy atom. The van der Waals surface area contributed by atoms with E-state index in [0.29, 0.717) is 11.4 Å². The van der Waals surface area contributed by atoms with E-state index in [1.165, 1.54) is 10.7 Å². The molecule has 0 spiro atoms. The number of ketones is 1. The number of aryl methyl sites for hydroxylation is 3. The molecule has 0 aliphatic carbocycles. The van der Waals surface area contributed by atoms with Crippen molar-refractivity contribution in [2.24, 2.45) is 0 Å². The lowest BCUT2D eigenvalue weighted by atomic mass is 10.0. The zero-order chi connectivity index (χ0) is 16.4. The lowest BCUT2D eigenvalue weighted by molar-refractivity contribution is -0.386. The molecule has 2 rings (SSSR count). The van der Waals surface area contributed by atoms with Gasteiger partial charge in [-0.15, -0.1) is 0 Å². The SMILES string of the molecule is Cc1ccc(O)c(C(=O)CCn2nc(C)c([N+](=O)[O-])c2C)c1. The number of aromatic hydroxyl groups is 1. The highest BCUT2D eigenvalue weighted by molar-refractivity contribution is 5.98. The number of aromatic nitrogens is 2. The van der Waals surface area contributed by atoms with Crippen LogP contribution in [0.5, 0.6) is 5.75 Å². The van der Waals surface area contributed by atoms with E-state index in [-0.39, 0.29) is 35.7 Å². The second kappa shape index (κ2) is 5.97. The lowest BCUT2D eigenvalue weighted by Gasteiger charge is -2.06. The number of carbonyl (C=O) groups is 1. The molecule has 0 atom stereocenters. The number of nitrogens with zero attached hydrogens (tertiary/aromatic N) is 3. The summed E-state index contributed by atoms with van der Waals surface area (Å²) in [6, 6.07) is 4.83. The molecule has 1 aromatic carbocycles. The highest BCUT2D eigenvalue weighted by atomic mass is 16.6. The summed E-state index contributed by atoms with van der Waals surface area (Å²) >= 11 is 0. The molecular formula is C15H17N3O4. The summed E-state index contributed by atoms with van der Waals surface area (Å²) in [5, 5.41) is 24.8. The fourth-order valence-electron chi connectivity index (χ4n) is 2.38. The second-order valence-corrected chi connectivity index (χ2v) is 5.19. The predicted molar refractivity (Wildman–Crippen MR) is 80.1 cm³/mol. The molecule has 0 saturated heterocycles. The molecule has 0 radical (unpaired) electrons. The van der Waals surface area contributed by atoms with Crippen molar-refractivity contribution in [1.82, 2.24) is 9.78 Å². The molecule has 0 amide bonds. The Morgan fingerprint density at radius 3 is 2.64 bits per heavy atom. The third kappa shape index (κ3) is 2.98. The molecular weight excluding hydrogens is 286 g/mol. The van der Waals surface area contributed by atoms with E-state index in [0.717, 1.165) is 5.56 Å². The van der Waals surface area contributed by atoms with Crippen molar-refractivity contribution >= 4 is 11.5 Å². The molecule has 1 N–H and O–H groups in total. The lowest BCUT2D eigenvalue weighted by Crippen LogP contribution is -2.09. The van der Waals surface area contributed by atoms with E-state index in [4.69, 9.17) is 0 Å². The fraction of sp³-hybridized carbons (Fsp3) is 0.333. The van der Waals surface area contributed by atoms with Crippen molar-refractivity contribution in [3.8, 4) is 5.75 Å². The van der Waals surface area contributed by atoms with Crippen molar-refractivity contribution in [1.29, 1.82) is 0 Å². The predicted octanol–water partition coefficient (Wildman–Crippen LogP) is 2.70. The Labute approximate surface area is 127 Å². The van der Waals surface area contributed by atoms with Gasteiger partial charge < -0.3 is 5.11 Å². The van der Waals surface area contributed by atoms with Crippen LogP contribution < -0.4 is 0 Å². The molecule has 1 heterocycles. The molecule has 1 aromatic heterocycles. The first-order valence-electron chi connectivity index (χ1n) is 6.82. The number of phenols is 1. The summed E-state index contributed by atoms with van der Waals surface area (Å²) in [4.78, 5) is 22.7. The molecule has 7 nitrogen and oxygen atoms in total. The summed E-state index contributed by atoms with van der Waals surface area (Å²) in [5.41, 5.74) is 1.86. The highest BCUT2D eigenvalue weighted by Crippen LogP contribution is 2.23. The van der Waals surface area contributed by atoms with Gasteiger partial charge in [0.1, 0.15) is 17.1 Å². The molecule has 0 fully saturated rings. The van der Waals surface area contributed by atoms with E-state index < -0.39 is 4.92 Å². The summed E-state index contributed by atoms with van der Waals surface area (Å²) in [6.45, 7) is 5.23. The van der Waals surface area contributed by atoms with E-state index in [2.05, 4.69) is 5.10 Å². The van der Waals surface area contributed by atoms with Crippen LogP contribution in [-0.4, -0.2) is 25.6 Å². The largest absolute Gasteiger partial charge is 0.507 e. The molecule has 0 unspecified atom stereocenters. The zero-order valence-electron chi connectivity index (χ0n) is 12.7. The molecule has 0 aliphatic heterocycles. The second-order valence-electron chi connectivity index (χ2n) is 5.19. The van der Waals surface area contributed by atoms with E-state index >= 15 is 0 Å². The van der Waals surface area contributed by atoms with Crippen LogP contribution in [0.15, 0.2) is 18.2 Å². The van der Waals surface area contributed by atoms with Gasteiger partial charge in [0, 0.05) is 13.0 Å². The van der Waals surface area contributed by atoms with Gasteiger partial charge in [-0.2, -0.15) is 5.10 Å². The number of benzene rings is 1. The van der Waals surface area contributed by atoms with Gasteiger partial charge in [0.05, 0.1) is 10.5 Å². The van der Waals surface area contributed by atoms with Crippen LogP contribution in [0.1, 0.15) is 33.7 Å². The van der Waals surface area contributed by atoms with Gasteiger partial charge in [-0.3, -0.25) is 19.6 Å². The van der Waals surface area contributed by atoms with Gasteiger partial charge in [0.15, 0.2) is 5.78 Å².